The normalized spacial score (nSPS) is 15.5. The molecule has 74 heavy (non-hydrogen) atoms. The number of hydrogen-bond donors (Lipinski definition) is 7. The fourth-order valence-corrected chi connectivity index (χ4v) is 8.66. The van der Waals surface area contributed by atoms with Crippen molar-refractivity contribution in [3.63, 3.8) is 0 Å². The van der Waals surface area contributed by atoms with Crippen molar-refractivity contribution in [2.75, 3.05) is 37.7 Å². The van der Waals surface area contributed by atoms with Crippen LogP contribution >= 0.6 is 0 Å². The molecule has 2 fully saturated rings. The lowest BCUT2D eigenvalue weighted by atomic mass is 9.89. The summed E-state index contributed by atoms with van der Waals surface area (Å²) in [6.07, 6.45) is 2.18. The number of carboxylic acids is 1. The third kappa shape index (κ3) is 12.4. The quantitative estimate of drug-likeness (QED) is 0.0600. The van der Waals surface area contributed by atoms with Crippen LogP contribution in [0.3, 0.4) is 0 Å². The first-order valence-corrected chi connectivity index (χ1v) is 24.6. The van der Waals surface area contributed by atoms with Gasteiger partial charge in [0.2, 0.25) is 19.5 Å². The maximum absolute atomic E-state index is 13.3. The number of ether oxygens (including phenoxy) is 6. The van der Waals surface area contributed by atoms with Crippen molar-refractivity contribution in [2.45, 2.75) is 135 Å². The van der Waals surface area contributed by atoms with Gasteiger partial charge >= 0.3 is 18.2 Å². The molecule has 3 amide bonds. The highest BCUT2D eigenvalue weighted by atomic mass is 16.7. The minimum atomic E-state index is -0.749. The van der Waals surface area contributed by atoms with Crippen molar-refractivity contribution in [1.82, 2.24) is 20.6 Å². The Hall–Kier alpha value is -7.56. The van der Waals surface area contributed by atoms with E-state index < -0.39 is 40.2 Å². The Morgan fingerprint density at radius 1 is 0.581 bits per heavy atom. The molecular weight excluding hydrogens is 945 g/mol. The largest absolute Gasteiger partial charge is 0.481 e. The minimum absolute atomic E-state index is 0. The van der Waals surface area contributed by atoms with E-state index in [1.165, 1.54) is 0 Å². The standard InChI is InChI=1S/C28H33N3O5.C17H25N3O2.C11H10O4.CH4/c1-26(2,3)36-25(33)29-15-27(4,5)23-13-17-12-19(7-8-20(17)31-23)30-24(32)28(10-11-28)18-6-9-21-22(14-18)35-16-34-21;1-16(2,3)22-15(21)19-10-17(4,5)14-9-11-8-12(18)6-7-13(11)20-14;12-10(13)11(3-4-11)7-1-2-8-9(5-7)15-6-14-8;/h6-9,12-14,31H,10-11,15-16H2,1-5H3,(H,29,33)(H,30,32);6-9,20H,10,18H2,1-5H3,(H,19,21);1-2,5H,3-4,6H2,(H,12,13);1H4. The molecule has 2 aliphatic heterocycles. The second-order valence-electron chi connectivity index (χ2n) is 22.6. The molecule has 4 aromatic carbocycles. The van der Waals surface area contributed by atoms with Gasteiger partial charge in [-0.15, -0.1) is 0 Å². The molecule has 2 aliphatic carbocycles. The summed E-state index contributed by atoms with van der Waals surface area (Å²) in [7, 11) is 0. The molecule has 0 bridgehead atoms. The first-order valence-electron chi connectivity index (χ1n) is 24.6. The molecule has 2 aromatic heterocycles. The highest BCUT2D eigenvalue weighted by molar-refractivity contribution is 6.02. The van der Waals surface area contributed by atoms with Crippen LogP contribution in [0.15, 0.2) is 84.9 Å². The number of fused-ring (bicyclic) bond motifs is 4. The fraction of sp³-hybridized carbons (Fsp3) is 0.439. The maximum Gasteiger partial charge on any atom is 0.407 e. The van der Waals surface area contributed by atoms with E-state index in [1.54, 1.807) is 12.1 Å². The fourth-order valence-electron chi connectivity index (χ4n) is 8.66. The van der Waals surface area contributed by atoms with Gasteiger partial charge in [-0.2, -0.15) is 0 Å². The number of nitrogen functional groups attached to an aromatic ring is 1. The van der Waals surface area contributed by atoms with E-state index in [0.29, 0.717) is 48.9 Å². The molecule has 17 heteroatoms. The summed E-state index contributed by atoms with van der Waals surface area (Å²) < 4.78 is 31.9. The lowest BCUT2D eigenvalue weighted by Crippen LogP contribution is -2.39. The van der Waals surface area contributed by atoms with Gasteiger partial charge in [0.15, 0.2) is 23.0 Å². The monoisotopic (exact) mass is 1020 g/mol. The Morgan fingerprint density at radius 2 is 1.01 bits per heavy atom. The number of rotatable bonds is 11. The number of aliphatic carboxylic acids is 1. The van der Waals surface area contributed by atoms with Crippen LogP contribution in [-0.2, 0) is 40.7 Å². The van der Waals surface area contributed by atoms with Crippen molar-refractivity contribution in [3.8, 4) is 23.0 Å². The van der Waals surface area contributed by atoms with Crippen LogP contribution in [0.5, 0.6) is 23.0 Å². The average molecular weight is 1020 g/mol. The van der Waals surface area contributed by atoms with Gasteiger partial charge < -0.3 is 65.2 Å². The predicted octanol–water partition coefficient (Wildman–Crippen LogP) is 11.1. The molecule has 0 spiro atoms. The van der Waals surface area contributed by atoms with Crippen LogP contribution < -0.4 is 40.6 Å². The predicted molar refractivity (Wildman–Crippen MR) is 285 cm³/mol. The Bertz CT molecular complexity index is 3060. The van der Waals surface area contributed by atoms with Crippen LogP contribution in [0.4, 0.5) is 21.0 Å². The zero-order chi connectivity index (χ0) is 52.7. The molecule has 4 aliphatic rings. The smallest absolute Gasteiger partial charge is 0.407 e. The lowest BCUT2D eigenvalue weighted by molar-refractivity contribution is -0.140. The molecule has 0 unspecified atom stereocenters. The highest BCUT2D eigenvalue weighted by Crippen LogP contribution is 2.52. The number of aromatic nitrogens is 2. The van der Waals surface area contributed by atoms with Crippen LogP contribution in [0.1, 0.15) is 125 Å². The first-order chi connectivity index (χ1) is 34.2. The van der Waals surface area contributed by atoms with Crippen LogP contribution in [0.25, 0.3) is 21.8 Å². The van der Waals surface area contributed by atoms with E-state index in [1.807, 2.05) is 102 Å². The zero-order valence-corrected chi connectivity index (χ0v) is 43.3. The summed E-state index contributed by atoms with van der Waals surface area (Å²) in [6.45, 7) is 20.6. The molecule has 0 saturated heterocycles. The summed E-state index contributed by atoms with van der Waals surface area (Å²) in [5, 5.41) is 20.0. The van der Waals surface area contributed by atoms with Crippen LogP contribution in [0, 0.1) is 0 Å². The van der Waals surface area contributed by atoms with Gasteiger partial charge in [-0.3, -0.25) is 9.59 Å². The van der Waals surface area contributed by atoms with E-state index in [2.05, 4.69) is 65.7 Å². The second-order valence-corrected chi connectivity index (χ2v) is 22.6. The van der Waals surface area contributed by atoms with E-state index in [0.717, 1.165) is 68.5 Å². The molecule has 10 rings (SSSR count). The van der Waals surface area contributed by atoms with Crippen molar-refractivity contribution in [3.05, 3.63) is 107 Å². The van der Waals surface area contributed by atoms with Gasteiger partial charge in [0.05, 0.1) is 10.8 Å². The number of nitrogens with two attached hydrogens (primary N) is 1. The Balaban J connectivity index is 0.000000178. The minimum Gasteiger partial charge on any atom is -0.481 e. The van der Waals surface area contributed by atoms with Crippen molar-refractivity contribution in [1.29, 1.82) is 0 Å². The lowest BCUT2D eigenvalue weighted by Gasteiger charge is -2.25. The van der Waals surface area contributed by atoms with Gasteiger partial charge in [0.25, 0.3) is 0 Å². The number of carbonyl (C=O) groups is 4. The molecule has 17 nitrogen and oxygen atoms in total. The second kappa shape index (κ2) is 20.4. The van der Waals surface area contributed by atoms with E-state index in [4.69, 9.17) is 39.3 Å². The molecule has 0 radical (unpaired) electrons. The Labute approximate surface area is 432 Å². The van der Waals surface area contributed by atoms with Gasteiger partial charge in [0.1, 0.15) is 11.2 Å². The number of alkyl carbamates (subject to hydrolysis) is 2. The van der Waals surface area contributed by atoms with Gasteiger partial charge in [-0.05, 0) is 151 Å². The highest BCUT2D eigenvalue weighted by Gasteiger charge is 2.53. The third-order valence-corrected chi connectivity index (χ3v) is 13.3. The van der Waals surface area contributed by atoms with Gasteiger partial charge in [-0.1, -0.05) is 47.3 Å². The molecule has 6 aromatic rings. The maximum atomic E-state index is 13.3. The number of aromatic amines is 2. The van der Waals surface area contributed by atoms with Crippen LogP contribution in [0.2, 0.25) is 0 Å². The van der Waals surface area contributed by atoms with Gasteiger partial charge in [0, 0.05) is 68.5 Å². The van der Waals surface area contributed by atoms with E-state index in [-0.39, 0.29) is 37.7 Å². The SMILES string of the molecule is C.CC(C)(C)OC(=O)NCC(C)(C)c1cc2cc(N)ccc2[nH]1.CC(C)(C)OC(=O)NCC(C)(C)c1cc2cc(NC(=O)C3(c4ccc5c(c4)OCO5)CC3)ccc2[nH]1.O=C(O)C1(c2ccc3c(c2)OCO3)CC1. The van der Waals surface area contributed by atoms with Crippen LogP contribution in [-0.4, -0.2) is 77.0 Å². The number of benzene rings is 4. The molecule has 396 valence electrons. The molecule has 0 atom stereocenters. The van der Waals surface area contributed by atoms with Crippen molar-refractivity contribution >= 4 is 57.2 Å². The molecule has 4 heterocycles. The molecular formula is C57H72N6O11. The summed E-state index contributed by atoms with van der Waals surface area (Å²) >= 11 is 0. The summed E-state index contributed by atoms with van der Waals surface area (Å²) in [5.41, 5.74) is 10.3. The van der Waals surface area contributed by atoms with E-state index in [9.17, 15) is 19.2 Å². The first kappa shape index (κ1) is 54.2. The summed E-state index contributed by atoms with van der Waals surface area (Å²) in [6, 6.07) is 26.9. The number of amides is 3. The van der Waals surface area contributed by atoms with Crippen molar-refractivity contribution < 1.29 is 52.7 Å². The molecule has 2 saturated carbocycles. The number of hydrogen-bond acceptors (Lipinski definition) is 11. The number of H-pyrrole nitrogens is 2. The Morgan fingerprint density at radius 3 is 1.46 bits per heavy atom. The average Bonchev–Trinajstić information content (AvgIpc) is 4.01. The number of carboxylic acid groups (broad SMARTS) is 1. The number of carbonyl (C=O) groups excluding carboxylic acids is 3. The number of anilines is 2. The van der Waals surface area contributed by atoms with E-state index >= 15 is 0 Å². The topological polar surface area (TPSA) is 238 Å². The zero-order valence-electron chi connectivity index (χ0n) is 43.3. The number of nitrogens with one attached hydrogen (secondary N) is 5. The van der Waals surface area contributed by atoms with Gasteiger partial charge in [-0.25, -0.2) is 9.59 Å². The van der Waals surface area contributed by atoms with Crippen molar-refractivity contribution in [2.24, 2.45) is 0 Å². The third-order valence-electron chi connectivity index (χ3n) is 13.3. The Kier molecular flexibility index (Phi) is 14.9. The summed E-state index contributed by atoms with van der Waals surface area (Å²) in [4.78, 5) is 55.1. The summed E-state index contributed by atoms with van der Waals surface area (Å²) in [5.74, 6) is 1.99. The molecule has 8 N–H and O–H groups in total.